The molecule has 8 heteroatoms. The number of hydrogen-bond donors (Lipinski definition) is 1. The first-order chi connectivity index (χ1) is 15.2. The molecule has 1 N–H and O–H groups in total. The molecule has 0 radical (unpaired) electrons. The van der Waals surface area contributed by atoms with Crippen molar-refractivity contribution in [1.82, 2.24) is 9.78 Å². The minimum atomic E-state index is -0.679. The van der Waals surface area contributed by atoms with Gasteiger partial charge in [0.25, 0.3) is 5.91 Å². The molecule has 3 aromatic rings. The zero-order valence-corrected chi connectivity index (χ0v) is 17.1. The van der Waals surface area contributed by atoms with Gasteiger partial charge in [-0.3, -0.25) is 9.80 Å². The van der Waals surface area contributed by atoms with Crippen LogP contribution < -0.4 is 10.3 Å². The molecule has 1 unspecified atom stereocenters. The summed E-state index contributed by atoms with van der Waals surface area (Å²) in [5, 5.41) is 13.2. The molecule has 158 valence electrons. The summed E-state index contributed by atoms with van der Waals surface area (Å²) >= 11 is 0. The number of nitrogens with one attached hydrogen (secondary N) is 1. The summed E-state index contributed by atoms with van der Waals surface area (Å²) in [4.78, 5) is 25.4. The summed E-state index contributed by atoms with van der Waals surface area (Å²) in [6, 6.07) is 20.2. The van der Waals surface area contributed by atoms with Crippen LogP contribution in [-0.2, 0) is 20.9 Å². The molecule has 1 amide bonds. The Labute approximate surface area is 180 Å². The summed E-state index contributed by atoms with van der Waals surface area (Å²) in [6.07, 6.45) is 1.80. The summed E-state index contributed by atoms with van der Waals surface area (Å²) < 4.78 is 6.81. The number of anilines is 2. The second-order valence-corrected chi connectivity index (χ2v) is 7.02. The zero-order chi connectivity index (χ0) is 21.6. The molecule has 1 aliphatic rings. The van der Waals surface area contributed by atoms with E-state index >= 15 is 0 Å². The Morgan fingerprint density at radius 1 is 1.06 bits per heavy atom. The van der Waals surface area contributed by atoms with Crippen molar-refractivity contribution < 1.29 is 14.3 Å². The van der Waals surface area contributed by atoms with Crippen LogP contribution in [-0.4, -0.2) is 40.0 Å². The number of benzene rings is 2. The first-order valence-electron chi connectivity index (χ1n) is 10.1. The number of ether oxygens (including phenoxy) is 1. The number of nitrogens with zero attached hydrogens (tertiary/aromatic N) is 4. The number of amides is 1. The van der Waals surface area contributed by atoms with Crippen molar-refractivity contribution in [3.63, 3.8) is 0 Å². The van der Waals surface area contributed by atoms with Gasteiger partial charge in [-0.05, 0) is 24.6 Å². The first kappa shape index (κ1) is 20.3. The number of carbonyl (C=O) groups excluding carboxylic acids is 2. The SMILES string of the molecule is CCOC(=O)C1=NN(c2ccccc2)C(C(=O)Nc2ccnn2Cc2ccccc2)C1. The molecule has 4 rings (SSSR count). The monoisotopic (exact) mass is 417 g/mol. The maximum absolute atomic E-state index is 13.2. The Morgan fingerprint density at radius 3 is 2.48 bits per heavy atom. The van der Waals surface area contributed by atoms with Gasteiger partial charge in [0.15, 0.2) is 0 Å². The molecule has 0 saturated carbocycles. The standard InChI is InChI=1S/C23H23N5O3/c1-2-31-23(30)19-15-20(28(26-19)18-11-7-4-8-12-18)22(29)25-21-13-14-24-27(21)16-17-9-5-3-6-10-17/h3-14,20H,2,15-16H2,1H3,(H,25,29). The highest BCUT2D eigenvalue weighted by molar-refractivity contribution is 6.38. The van der Waals surface area contributed by atoms with Gasteiger partial charge < -0.3 is 10.1 Å². The fourth-order valence-corrected chi connectivity index (χ4v) is 3.40. The normalized spacial score (nSPS) is 15.5. The van der Waals surface area contributed by atoms with Crippen molar-refractivity contribution in [3.8, 4) is 0 Å². The number of hydrazone groups is 1. The largest absolute Gasteiger partial charge is 0.461 e. The summed E-state index contributed by atoms with van der Waals surface area (Å²) in [5.74, 6) is -0.207. The van der Waals surface area contributed by atoms with Crippen LogP contribution in [0.5, 0.6) is 0 Å². The number of esters is 1. The lowest BCUT2D eigenvalue weighted by atomic mass is 10.1. The van der Waals surface area contributed by atoms with Crippen LogP contribution >= 0.6 is 0 Å². The van der Waals surface area contributed by atoms with Gasteiger partial charge >= 0.3 is 5.97 Å². The maximum Gasteiger partial charge on any atom is 0.354 e. The van der Waals surface area contributed by atoms with E-state index in [0.29, 0.717) is 12.4 Å². The minimum Gasteiger partial charge on any atom is -0.461 e. The second-order valence-electron chi connectivity index (χ2n) is 7.02. The Bertz CT molecular complexity index is 1080. The smallest absolute Gasteiger partial charge is 0.354 e. The van der Waals surface area contributed by atoms with Gasteiger partial charge in [-0.1, -0.05) is 48.5 Å². The average Bonchev–Trinajstić information content (AvgIpc) is 3.43. The molecule has 1 aliphatic heterocycles. The van der Waals surface area contributed by atoms with Crippen molar-refractivity contribution >= 4 is 29.1 Å². The molecular formula is C23H23N5O3. The molecular weight excluding hydrogens is 394 g/mol. The lowest BCUT2D eigenvalue weighted by Crippen LogP contribution is -2.39. The molecule has 31 heavy (non-hydrogen) atoms. The van der Waals surface area contributed by atoms with E-state index in [1.54, 1.807) is 28.9 Å². The van der Waals surface area contributed by atoms with Crippen molar-refractivity contribution in [2.75, 3.05) is 16.9 Å². The van der Waals surface area contributed by atoms with Crippen LogP contribution in [0.2, 0.25) is 0 Å². The van der Waals surface area contributed by atoms with E-state index in [2.05, 4.69) is 15.5 Å². The van der Waals surface area contributed by atoms with E-state index in [1.165, 1.54) is 0 Å². The van der Waals surface area contributed by atoms with E-state index in [1.807, 2.05) is 60.7 Å². The van der Waals surface area contributed by atoms with E-state index in [4.69, 9.17) is 4.74 Å². The van der Waals surface area contributed by atoms with Gasteiger partial charge in [0.05, 0.1) is 25.0 Å². The summed E-state index contributed by atoms with van der Waals surface area (Å²) in [5.41, 5.74) is 2.02. The molecule has 2 heterocycles. The van der Waals surface area contributed by atoms with Gasteiger partial charge in [-0.2, -0.15) is 10.2 Å². The third-order valence-corrected chi connectivity index (χ3v) is 4.89. The highest BCUT2D eigenvalue weighted by atomic mass is 16.5. The maximum atomic E-state index is 13.2. The van der Waals surface area contributed by atoms with Gasteiger partial charge in [0.2, 0.25) is 0 Å². The third-order valence-electron chi connectivity index (χ3n) is 4.89. The summed E-state index contributed by atoms with van der Waals surface area (Å²) in [7, 11) is 0. The molecule has 1 aromatic heterocycles. The van der Waals surface area contributed by atoms with E-state index in [-0.39, 0.29) is 24.6 Å². The van der Waals surface area contributed by atoms with Crippen LogP contribution in [0.15, 0.2) is 78.0 Å². The van der Waals surface area contributed by atoms with Gasteiger partial charge in [0.1, 0.15) is 17.6 Å². The lowest BCUT2D eigenvalue weighted by molar-refractivity contribution is -0.135. The Morgan fingerprint density at radius 2 is 1.77 bits per heavy atom. The highest BCUT2D eigenvalue weighted by Crippen LogP contribution is 2.26. The fraction of sp³-hybridized carbons (Fsp3) is 0.217. The minimum absolute atomic E-state index is 0.159. The van der Waals surface area contributed by atoms with Crippen LogP contribution in [0.25, 0.3) is 0 Å². The van der Waals surface area contributed by atoms with Crippen molar-refractivity contribution in [2.24, 2.45) is 5.10 Å². The van der Waals surface area contributed by atoms with Crippen molar-refractivity contribution in [2.45, 2.75) is 25.9 Å². The van der Waals surface area contributed by atoms with Gasteiger partial charge in [0, 0.05) is 12.5 Å². The Kier molecular flexibility index (Phi) is 6.07. The number of aromatic nitrogens is 2. The Hall–Kier alpha value is -3.94. The van der Waals surface area contributed by atoms with Gasteiger partial charge in [-0.15, -0.1) is 0 Å². The van der Waals surface area contributed by atoms with Crippen LogP contribution in [0.1, 0.15) is 18.9 Å². The second kappa shape index (κ2) is 9.25. The third kappa shape index (κ3) is 4.63. The first-order valence-corrected chi connectivity index (χ1v) is 10.1. The topological polar surface area (TPSA) is 88.8 Å². The number of carbonyl (C=O) groups is 2. The van der Waals surface area contributed by atoms with E-state index < -0.39 is 12.0 Å². The Balaban J connectivity index is 1.54. The predicted octanol–water partition coefficient (Wildman–Crippen LogP) is 3.07. The molecule has 0 saturated heterocycles. The van der Waals surface area contributed by atoms with E-state index in [0.717, 1.165) is 11.3 Å². The number of para-hydroxylation sites is 1. The lowest BCUT2D eigenvalue weighted by Gasteiger charge is -2.22. The predicted molar refractivity (Wildman–Crippen MR) is 118 cm³/mol. The zero-order valence-electron chi connectivity index (χ0n) is 17.1. The molecule has 0 bridgehead atoms. The summed E-state index contributed by atoms with van der Waals surface area (Å²) in [6.45, 7) is 2.51. The van der Waals surface area contributed by atoms with E-state index in [9.17, 15) is 9.59 Å². The molecule has 0 fully saturated rings. The highest BCUT2D eigenvalue weighted by Gasteiger charge is 2.37. The average molecular weight is 417 g/mol. The van der Waals surface area contributed by atoms with Crippen LogP contribution in [0.3, 0.4) is 0 Å². The van der Waals surface area contributed by atoms with Crippen LogP contribution in [0.4, 0.5) is 11.5 Å². The quantitative estimate of drug-likeness (QED) is 0.597. The molecule has 1 atom stereocenters. The van der Waals surface area contributed by atoms with Crippen molar-refractivity contribution in [1.29, 1.82) is 0 Å². The van der Waals surface area contributed by atoms with Gasteiger partial charge in [-0.25, -0.2) is 9.48 Å². The fourth-order valence-electron chi connectivity index (χ4n) is 3.40. The molecule has 2 aromatic carbocycles. The number of hydrogen-bond acceptors (Lipinski definition) is 6. The molecule has 8 nitrogen and oxygen atoms in total. The van der Waals surface area contributed by atoms with Crippen LogP contribution in [0, 0.1) is 0 Å². The number of rotatable bonds is 7. The van der Waals surface area contributed by atoms with Crippen molar-refractivity contribution in [3.05, 3.63) is 78.5 Å². The molecule has 0 spiro atoms. The molecule has 0 aliphatic carbocycles.